The molecule has 0 fully saturated rings. The highest BCUT2D eigenvalue weighted by Crippen LogP contribution is 2.29. The van der Waals surface area contributed by atoms with Gasteiger partial charge >= 0.3 is 0 Å². The smallest absolute Gasteiger partial charge is 0.262 e. The van der Waals surface area contributed by atoms with E-state index in [4.69, 9.17) is 10.6 Å². The third-order valence-corrected chi connectivity index (χ3v) is 3.25. The number of nitrogens with two attached hydrogens (primary N) is 1. The van der Waals surface area contributed by atoms with Crippen molar-refractivity contribution in [2.45, 2.75) is 19.4 Å². The molecule has 0 aromatic heterocycles. The number of fused-ring (bicyclic) bond motifs is 1. The molecule has 0 unspecified atom stereocenters. The first kappa shape index (κ1) is 15.1. The molecule has 2 rings (SSSR count). The summed E-state index contributed by atoms with van der Waals surface area (Å²) in [5, 5.41) is 0. The molecule has 1 aromatic carbocycles. The molecule has 3 amide bonds. The van der Waals surface area contributed by atoms with Crippen LogP contribution >= 0.6 is 0 Å². The lowest BCUT2D eigenvalue weighted by Gasteiger charge is -2.33. The Hall–Kier alpha value is -2.25. The van der Waals surface area contributed by atoms with Gasteiger partial charge in [-0.1, -0.05) is 12.1 Å². The normalized spacial score (nSPS) is 14.3. The van der Waals surface area contributed by atoms with Crippen LogP contribution in [-0.4, -0.2) is 41.4 Å². The van der Waals surface area contributed by atoms with Gasteiger partial charge in [0.25, 0.3) is 17.7 Å². The van der Waals surface area contributed by atoms with Gasteiger partial charge in [-0.05, 0) is 26.0 Å². The molecule has 112 valence electrons. The van der Waals surface area contributed by atoms with E-state index in [1.807, 2.05) is 5.43 Å². The molecule has 0 saturated heterocycles. The molecule has 0 bridgehead atoms. The molecule has 7 heteroatoms. The van der Waals surface area contributed by atoms with Gasteiger partial charge in [-0.15, -0.1) is 0 Å². The predicted octanol–water partition coefficient (Wildman–Crippen LogP) is 0.0677. The second kappa shape index (κ2) is 5.63. The maximum atomic E-state index is 12.4. The van der Waals surface area contributed by atoms with Crippen LogP contribution in [0.5, 0.6) is 0 Å². The van der Waals surface area contributed by atoms with E-state index in [1.54, 1.807) is 38.1 Å². The highest BCUT2D eigenvalue weighted by Gasteiger charge is 2.44. The fourth-order valence-corrected chi connectivity index (χ4v) is 2.24. The Balaban J connectivity index is 2.13. The summed E-state index contributed by atoms with van der Waals surface area (Å²) in [7, 11) is 0. The van der Waals surface area contributed by atoms with E-state index in [1.165, 1.54) is 0 Å². The van der Waals surface area contributed by atoms with Crippen LogP contribution in [0.25, 0.3) is 0 Å². The molecule has 1 aromatic rings. The first-order valence-electron chi connectivity index (χ1n) is 6.43. The Morgan fingerprint density at radius 2 is 1.76 bits per heavy atom. The molecule has 3 N–H and O–H groups in total. The van der Waals surface area contributed by atoms with Gasteiger partial charge in [-0.2, -0.15) is 0 Å². The third kappa shape index (κ3) is 2.79. The number of carbonyl (C=O) groups is 3. The zero-order valence-electron chi connectivity index (χ0n) is 11.9. The van der Waals surface area contributed by atoms with Crippen LogP contribution in [0.1, 0.15) is 34.6 Å². The lowest BCUT2D eigenvalue weighted by atomic mass is 10.0. The Labute approximate surface area is 122 Å². The summed E-state index contributed by atoms with van der Waals surface area (Å²) in [4.78, 5) is 36.9. The van der Waals surface area contributed by atoms with Gasteiger partial charge in [0.1, 0.15) is 6.61 Å². The summed E-state index contributed by atoms with van der Waals surface area (Å²) >= 11 is 0. The highest BCUT2D eigenvalue weighted by molar-refractivity contribution is 6.21. The molecule has 1 aliphatic rings. The van der Waals surface area contributed by atoms with Gasteiger partial charge in [-0.3, -0.25) is 24.7 Å². The molecule has 0 saturated carbocycles. The summed E-state index contributed by atoms with van der Waals surface area (Å²) < 4.78 is 5.22. The molecular formula is C14H17N3O4. The molecule has 0 atom stereocenters. The highest BCUT2D eigenvalue weighted by atomic mass is 16.5. The number of rotatable bonds is 5. The summed E-state index contributed by atoms with van der Waals surface area (Å²) in [5.41, 5.74) is 1.84. The quantitative estimate of drug-likeness (QED) is 0.346. The van der Waals surface area contributed by atoms with Crippen molar-refractivity contribution < 1.29 is 19.1 Å². The van der Waals surface area contributed by atoms with E-state index in [-0.39, 0.29) is 25.0 Å². The first-order valence-corrected chi connectivity index (χ1v) is 6.43. The lowest BCUT2D eigenvalue weighted by Crippen LogP contribution is -2.51. The van der Waals surface area contributed by atoms with Crippen molar-refractivity contribution in [2.75, 3.05) is 13.2 Å². The maximum Gasteiger partial charge on any atom is 0.262 e. The van der Waals surface area contributed by atoms with Crippen LogP contribution in [0.2, 0.25) is 0 Å². The molecular weight excluding hydrogens is 274 g/mol. The van der Waals surface area contributed by atoms with Crippen LogP contribution in [0.4, 0.5) is 0 Å². The minimum Gasteiger partial charge on any atom is -0.369 e. The van der Waals surface area contributed by atoms with Crippen molar-refractivity contribution >= 4 is 17.7 Å². The maximum absolute atomic E-state index is 12.4. The molecule has 1 aliphatic heterocycles. The largest absolute Gasteiger partial charge is 0.369 e. The number of imide groups is 1. The molecule has 7 nitrogen and oxygen atoms in total. The summed E-state index contributed by atoms with van der Waals surface area (Å²) in [6.45, 7) is 3.21. The van der Waals surface area contributed by atoms with Gasteiger partial charge in [0.15, 0.2) is 0 Å². The Bertz CT molecular complexity index is 563. The summed E-state index contributed by atoms with van der Waals surface area (Å²) in [6.07, 6.45) is 0. The molecule has 0 spiro atoms. The van der Waals surface area contributed by atoms with Crippen molar-refractivity contribution in [3.63, 3.8) is 0 Å². The van der Waals surface area contributed by atoms with E-state index >= 15 is 0 Å². The number of ether oxygens (including phenoxy) is 1. The van der Waals surface area contributed by atoms with Gasteiger partial charge in [0.2, 0.25) is 0 Å². The van der Waals surface area contributed by atoms with Gasteiger partial charge in [-0.25, -0.2) is 5.84 Å². The molecule has 0 aliphatic carbocycles. The van der Waals surface area contributed by atoms with E-state index in [0.717, 1.165) is 4.90 Å². The third-order valence-electron chi connectivity index (χ3n) is 3.25. The minimum absolute atomic E-state index is 0.0336. The van der Waals surface area contributed by atoms with Gasteiger partial charge in [0.05, 0.1) is 23.3 Å². The standard InChI is InChI=1S/C14H17N3O4/c1-14(2,8-21-7-11(18)16-15)17-12(19)9-5-3-4-6-10(9)13(17)20/h3-6H,7-8,15H2,1-2H3,(H,16,18). The number of benzene rings is 1. The predicted molar refractivity (Wildman–Crippen MR) is 74.2 cm³/mol. The van der Waals surface area contributed by atoms with Crippen molar-refractivity contribution in [3.8, 4) is 0 Å². The van der Waals surface area contributed by atoms with E-state index in [0.29, 0.717) is 11.1 Å². The molecule has 1 heterocycles. The molecule has 0 radical (unpaired) electrons. The van der Waals surface area contributed by atoms with Crippen LogP contribution in [0.3, 0.4) is 0 Å². The van der Waals surface area contributed by atoms with Crippen molar-refractivity contribution in [2.24, 2.45) is 5.84 Å². The van der Waals surface area contributed by atoms with Gasteiger partial charge in [0, 0.05) is 0 Å². The topological polar surface area (TPSA) is 102 Å². The van der Waals surface area contributed by atoms with Crippen molar-refractivity contribution in [1.29, 1.82) is 0 Å². The number of carbonyl (C=O) groups excluding carboxylic acids is 3. The Kier molecular flexibility index (Phi) is 4.06. The SMILES string of the molecule is CC(C)(COCC(=O)NN)N1C(=O)c2ccccc2C1=O. The monoisotopic (exact) mass is 291 g/mol. The van der Waals surface area contributed by atoms with Crippen LogP contribution in [0.15, 0.2) is 24.3 Å². The van der Waals surface area contributed by atoms with Gasteiger partial charge < -0.3 is 4.74 Å². The average Bonchev–Trinajstić information content (AvgIpc) is 2.71. The average molecular weight is 291 g/mol. The van der Waals surface area contributed by atoms with Crippen LogP contribution in [-0.2, 0) is 9.53 Å². The van der Waals surface area contributed by atoms with Crippen LogP contribution in [0, 0.1) is 0 Å². The second-order valence-corrected chi connectivity index (χ2v) is 5.36. The molecule has 21 heavy (non-hydrogen) atoms. The zero-order valence-corrected chi connectivity index (χ0v) is 11.9. The zero-order chi connectivity index (χ0) is 15.6. The van der Waals surface area contributed by atoms with Crippen molar-refractivity contribution in [1.82, 2.24) is 10.3 Å². The van der Waals surface area contributed by atoms with E-state index in [2.05, 4.69) is 0 Å². The number of nitrogens with one attached hydrogen (secondary N) is 1. The first-order chi connectivity index (χ1) is 9.88. The fraction of sp³-hybridized carbons (Fsp3) is 0.357. The Morgan fingerprint density at radius 1 is 1.24 bits per heavy atom. The lowest BCUT2D eigenvalue weighted by molar-refractivity contribution is -0.126. The fourth-order valence-electron chi connectivity index (χ4n) is 2.24. The summed E-state index contributed by atoms with van der Waals surface area (Å²) in [5.74, 6) is 3.76. The van der Waals surface area contributed by atoms with E-state index in [9.17, 15) is 14.4 Å². The van der Waals surface area contributed by atoms with E-state index < -0.39 is 11.4 Å². The van der Waals surface area contributed by atoms with Crippen LogP contribution < -0.4 is 11.3 Å². The Morgan fingerprint density at radius 3 is 2.24 bits per heavy atom. The number of hydrogen-bond donors (Lipinski definition) is 2. The number of hydrazine groups is 1. The number of hydrogen-bond acceptors (Lipinski definition) is 5. The minimum atomic E-state index is -0.873. The van der Waals surface area contributed by atoms with Crippen molar-refractivity contribution in [3.05, 3.63) is 35.4 Å². The second-order valence-electron chi connectivity index (χ2n) is 5.36. The number of amides is 3. The number of nitrogens with zero attached hydrogens (tertiary/aromatic N) is 1. The summed E-state index contributed by atoms with van der Waals surface area (Å²) in [6, 6.07) is 6.66.